The summed E-state index contributed by atoms with van der Waals surface area (Å²) in [6.45, 7) is 0.923. The van der Waals surface area contributed by atoms with Gasteiger partial charge in [-0.3, -0.25) is 9.59 Å². The highest BCUT2D eigenvalue weighted by atomic mass is 35.6. The number of alkyl halides is 3. The third-order valence-corrected chi connectivity index (χ3v) is 6.54. The molecule has 7 nitrogen and oxygen atoms in total. The fourth-order valence-electron chi connectivity index (χ4n) is 3.31. The van der Waals surface area contributed by atoms with Crippen LogP contribution in [0, 0.1) is 0 Å². The van der Waals surface area contributed by atoms with Gasteiger partial charge in [0.15, 0.2) is 6.04 Å². The third-order valence-electron chi connectivity index (χ3n) is 4.62. The Morgan fingerprint density at radius 1 is 1.34 bits per heavy atom. The number of fused-ring (bicyclic) bond motifs is 1. The highest BCUT2D eigenvalue weighted by Crippen LogP contribution is 2.42. The molecule has 2 aliphatic heterocycles. The number of rotatable bonds is 5. The van der Waals surface area contributed by atoms with Crippen molar-refractivity contribution >= 4 is 64.3 Å². The molecule has 4 atom stereocenters. The maximum Gasteiger partial charge on any atom is 0.332 e. The van der Waals surface area contributed by atoms with Crippen molar-refractivity contribution in [3.05, 3.63) is 35.9 Å². The van der Waals surface area contributed by atoms with Gasteiger partial charge >= 0.3 is 5.97 Å². The first-order valence-corrected chi connectivity index (χ1v) is 10.9. The second-order valence-electron chi connectivity index (χ2n) is 7.14. The van der Waals surface area contributed by atoms with Gasteiger partial charge in [-0.25, -0.2) is 4.79 Å². The van der Waals surface area contributed by atoms with E-state index >= 15 is 0 Å². The van der Waals surface area contributed by atoms with Crippen molar-refractivity contribution in [1.82, 2.24) is 10.2 Å². The summed E-state index contributed by atoms with van der Waals surface area (Å²) < 4.78 is 3.18. The Balaban J connectivity index is 1.66. The molecule has 0 aromatic heterocycles. The number of carbonyl (C=O) groups excluding carboxylic acids is 3. The monoisotopic (exact) mass is 480 g/mol. The smallest absolute Gasteiger partial charge is 0.332 e. The number of carbonyl (C=O) groups is 3. The Labute approximate surface area is 187 Å². The number of esters is 1. The SMILES string of the molecule is CC1(O)CS[C@@H]2C(NC(=O)Cc3ccccc3)C(=O)N2C1C(=O)OCC(Cl)(Cl)Cl. The molecule has 0 spiro atoms. The lowest BCUT2D eigenvalue weighted by Crippen LogP contribution is -2.79. The van der Waals surface area contributed by atoms with Crippen molar-refractivity contribution in [2.75, 3.05) is 12.4 Å². The minimum atomic E-state index is -1.81. The summed E-state index contributed by atoms with van der Waals surface area (Å²) >= 11 is 18.1. The molecule has 0 saturated carbocycles. The second kappa shape index (κ2) is 8.51. The molecule has 0 bridgehead atoms. The minimum Gasteiger partial charge on any atom is -0.460 e. The summed E-state index contributed by atoms with van der Waals surface area (Å²) in [6.07, 6.45) is 0.133. The molecule has 3 unspecified atom stereocenters. The predicted molar refractivity (Wildman–Crippen MR) is 111 cm³/mol. The number of halogens is 3. The molecule has 0 radical (unpaired) electrons. The number of hydrogen-bond acceptors (Lipinski definition) is 6. The zero-order valence-corrected chi connectivity index (χ0v) is 18.4. The molecule has 11 heteroatoms. The molecular formula is C18H19Cl3N2O5S. The quantitative estimate of drug-likeness (QED) is 0.377. The second-order valence-corrected chi connectivity index (χ2v) is 10.8. The molecule has 1 aromatic carbocycles. The van der Waals surface area contributed by atoms with Gasteiger partial charge in [-0.15, -0.1) is 11.8 Å². The van der Waals surface area contributed by atoms with Crippen LogP contribution in [0.1, 0.15) is 12.5 Å². The van der Waals surface area contributed by atoms with E-state index in [1.54, 1.807) is 0 Å². The fraction of sp³-hybridized carbons (Fsp3) is 0.500. The Hall–Kier alpha value is -1.19. The van der Waals surface area contributed by atoms with Gasteiger partial charge in [-0.1, -0.05) is 65.1 Å². The Morgan fingerprint density at radius 2 is 2.00 bits per heavy atom. The maximum absolute atomic E-state index is 12.7. The Bertz CT molecular complexity index is 802. The van der Waals surface area contributed by atoms with Crippen molar-refractivity contribution in [3.8, 4) is 0 Å². The van der Waals surface area contributed by atoms with Gasteiger partial charge in [-0.05, 0) is 12.5 Å². The average Bonchev–Trinajstić information content (AvgIpc) is 2.63. The van der Waals surface area contributed by atoms with Crippen molar-refractivity contribution < 1.29 is 24.2 Å². The molecule has 2 heterocycles. The molecule has 2 N–H and O–H groups in total. The van der Waals surface area contributed by atoms with E-state index in [4.69, 9.17) is 39.5 Å². The van der Waals surface area contributed by atoms with Gasteiger partial charge in [-0.2, -0.15) is 0 Å². The Morgan fingerprint density at radius 3 is 2.62 bits per heavy atom. The molecule has 2 fully saturated rings. The first kappa shape index (κ1) is 22.5. The van der Waals surface area contributed by atoms with Gasteiger partial charge in [0.25, 0.3) is 0 Å². The molecule has 158 valence electrons. The Kier molecular flexibility index (Phi) is 6.60. The van der Waals surface area contributed by atoms with Crippen molar-refractivity contribution in [3.63, 3.8) is 0 Å². The number of nitrogens with zero attached hydrogens (tertiary/aromatic N) is 1. The van der Waals surface area contributed by atoms with Crippen LogP contribution >= 0.6 is 46.6 Å². The van der Waals surface area contributed by atoms with E-state index < -0.39 is 45.3 Å². The summed E-state index contributed by atoms with van der Waals surface area (Å²) in [5.41, 5.74) is -0.707. The lowest BCUT2D eigenvalue weighted by molar-refractivity contribution is -0.177. The standard InChI is InChI=1S/C18H19Cl3N2O5S/c1-17(27)9-29-15-12(22-11(24)7-10-5-3-2-4-6-10)14(25)23(15)13(17)16(26)28-8-18(19,20)21/h2-6,12-13,15,27H,7-9H2,1H3,(H,22,24)/t12?,13?,15-,17?/m1/s1. The number of nitrogens with one attached hydrogen (secondary N) is 1. The summed E-state index contributed by atoms with van der Waals surface area (Å²) in [5, 5.41) is 12.9. The van der Waals surface area contributed by atoms with Crippen molar-refractivity contribution in [1.29, 1.82) is 0 Å². The molecule has 29 heavy (non-hydrogen) atoms. The normalized spacial score (nSPS) is 28.9. The largest absolute Gasteiger partial charge is 0.460 e. The molecule has 2 saturated heterocycles. The van der Waals surface area contributed by atoms with Gasteiger partial charge in [0.2, 0.25) is 15.6 Å². The molecule has 3 rings (SSSR count). The van der Waals surface area contributed by atoms with E-state index in [9.17, 15) is 19.5 Å². The van der Waals surface area contributed by atoms with Crippen LogP contribution in [-0.4, -0.2) is 67.0 Å². The van der Waals surface area contributed by atoms with Crippen LogP contribution in [0.5, 0.6) is 0 Å². The fourth-order valence-corrected chi connectivity index (χ4v) is 4.90. The first-order valence-electron chi connectivity index (χ1n) is 8.72. The van der Waals surface area contributed by atoms with E-state index in [1.807, 2.05) is 30.3 Å². The van der Waals surface area contributed by atoms with Crippen LogP contribution in [0.3, 0.4) is 0 Å². The number of aliphatic hydroxyl groups is 1. The first-order chi connectivity index (χ1) is 13.5. The van der Waals surface area contributed by atoms with E-state index in [1.165, 1.54) is 23.6 Å². The van der Waals surface area contributed by atoms with E-state index in [-0.39, 0.29) is 18.1 Å². The van der Waals surface area contributed by atoms with Crippen molar-refractivity contribution in [2.45, 2.75) is 40.2 Å². The lowest BCUT2D eigenvalue weighted by atomic mass is 9.91. The van der Waals surface area contributed by atoms with Gasteiger partial charge in [0, 0.05) is 5.75 Å². The maximum atomic E-state index is 12.7. The molecule has 1 aromatic rings. The zero-order chi connectivity index (χ0) is 21.4. The van der Waals surface area contributed by atoms with E-state index in [0.717, 1.165) is 5.56 Å². The van der Waals surface area contributed by atoms with Crippen LogP contribution in [0.2, 0.25) is 0 Å². The number of β-lactam (4-membered cyclic amide) rings is 1. The summed E-state index contributed by atoms with van der Waals surface area (Å²) in [7, 11) is 0. The molecular weight excluding hydrogens is 463 g/mol. The molecule has 2 aliphatic rings. The number of ether oxygens (including phenoxy) is 1. The predicted octanol–water partition coefficient (Wildman–Crippen LogP) is 1.66. The summed E-state index contributed by atoms with van der Waals surface area (Å²) in [6, 6.07) is 7.10. The van der Waals surface area contributed by atoms with Gasteiger partial charge in [0.05, 0.1) is 6.42 Å². The van der Waals surface area contributed by atoms with E-state index in [2.05, 4.69) is 5.32 Å². The molecule has 0 aliphatic carbocycles. The number of thioether (sulfide) groups is 1. The average molecular weight is 482 g/mol. The lowest BCUT2D eigenvalue weighted by Gasteiger charge is -2.56. The summed E-state index contributed by atoms with van der Waals surface area (Å²) in [4.78, 5) is 38.7. The topological polar surface area (TPSA) is 95.9 Å². The van der Waals surface area contributed by atoms with Crippen LogP contribution in [0.25, 0.3) is 0 Å². The number of hydrogen-bond donors (Lipinski definition) is 2. The van der Waals surface area contributed by atoms with E-state index in [0.29, 0.717) is 0 Å². The number of amides is 2. The highest BCUT2D eigenvalue weighted by molar-refractivity contribution is 8.00. The van der Waals surface area contributed by atoms with Gasteiger partial charge in [0.1, 0.15) is 23.6 Å². The van der Waals surface area contributed by atoms with Crippen LogP contribution in [-0.2, 0) is 25.5 Å². The van der Waals surface area contributed by atoms with Gasteiger partial charge < -0.3 is 20.1 Å². The minimum absolute atomic E-state index is 0.133. The third kappa shape index (κ3) is 5.11. The zero-order valence-electron chi connectivity index (χ0n) is 15.3. The van der Waals surface area contributed by atoms with Crippen molar-refractivity contribution in [2.24, 2.45) is 0 Å². The number of benzene rings is 1. The highest BCUT2D eigenvalue weighted by Gasteiger charge is 2.61. The van der Waals surface area contributed by atoms with Crippen LogP contribution in [0.4, 0.5) is 0 Å². The molecule has 2 amide bonds. The van der Waals surface area contributed by atoms with Crippen LogP contribution in [0.15, 0.2) is 30.3 Å². The summed E-state index contributed by atoms with van der Waals surface area (Å²) in [5.74, 6) is -1.48. The van der Waals surface area contributed by atoms with Crippen LogP contribution < -0.4 is 5.32 Å².